The molecular formula is C40H46N5O2Si+. The summed E-state index contributed by atoms with van der Waals surface area (Å²) in [5.41, 5.74) is 5.15. The molecule has 1 aromatic heterocycles. The highest BCUT2D eigenvalue weighted by Gasteiger charge is 2.51. The van der Waals surface area contributed by atoms with Gasteiger partial charge in [-0.05, 0) is 38.7 Å². The molecule has 1 unspecified atom stereocenters. The van der Waals surface area contributed by atoms with Crippen molar-refractivity contribution in [2.24, 2.45) is 0 Å². The van der Waals surface area contributed by atoms with E-state index in [0.29, 0.717) is 13.2 Å². The standard InChI is InChI=1S/C40H46N5O2Si/c1-40(2,3)48(35-16-7-5-8-17-35,36-18-9-6-10-19-36)47-25-13-24-45-28-33-15-12-11-14-32(33)27-44(45)39-37(29-45)38(42-30-43-39)41-26-31-20-22-34(46-4)23-21-31/h5-12,14-23,30H,13,24-29H2,1-4H3,(H,41,42,43)/q+1. The number of hydrogen-bond acceptors (Lipinski definition) is 6. The average molecular weight is 657 g/mol. The molecule has 4 aromatic carbocycles. The molecule has 2 aliphatic rings. The summed E-state index contributed by atoms with van der Waals surface area (Å²) in [5.74, 6) is 2.80. The number of benzene rings is 4. The lowest BCUT2D eigenvalue weighted by atomic mass is 10.0. The van der Waals surface area contributed by atoms with Crippen LogP contribution < -0.4 is 25.4 Å². The van der Waals surface area contributed by atoms with Gasteiger partial charge in [-0.1, -0.05) is 118 Å². The molecule has 0 radical (unpaired) electrons. The molecule has 0 fully saturated rings. The molecule has 8 heteroatoms. The van der Waals surface area contributed by atoms with Crippen LogP contribution >= 0.6 is 0 Å². The van der Waals surface area contributed by atoms with Crippen molar-refractivity contribution in [1.82, 2.24) is 9.97 Å². The minimum Gasteiger partial charge on any atom is -0.497 e. The Kier molecular flexibility index (Phi) is 8.81. The van der Waals surface area contributed by atoms with E-state index in [-0.39, 0.29) is 5.04 Å². The second-order valence-corrected chi connectivity index (χ2v) is 18.4. The van der Waals surface area contributed by atoms with Crippen LogP contribution in [0.2, 0.25) is 5.04 Å². The number of ether oxygens (including phenoxy) is 1. The molecule has 0 aliphatic carbocycles. The van der Waals surface area contributed by atoms with Gasteiger partial charge in [0.1, 0.15) is 37.5 Å². The quantitative estimate of drug-likeness (QED) is 0.0956. The lowest BCUT2D eigenvalue weighted by Crippen LogP contribution is -2.66. The zero-order valence-corrected chi connectivity index (χ0v) is 29.5. The van der Waals surface area contributed by atoms with Crippen LogP contribution in [0.25, 0.3) is 0 Å². The van der Waals surface area contributed by atoms with Gasteiger partial charge < -0.3 is 14.5 Å². The third-order valence-corrected chi connectivity index (χ3v) is 15.2. The summed E-state index contributed by atoms with van der Waals surface area (Å²) in [6.45, 7) is 11.9. The SMILES string of the molecule is COc1ccc(CNc2ncnc3c2C[N+]2(CCCO[Si](c4ccccc4)(c4ccccc4)C(C)(C)C)Cc4ccccc4CN32)cc1. The number of anilines is 2. The van der Waals surface area contributed by atoms with Crippen molar-refractivity contribution in [3.05, 3.63) is 138 Å². The first kappa shape index (κ1) is 32.1. The van der Waals surface area contributed by atoms with E-state index < -0.39 is 8.32 Å². The Morgan fingerprint density at radius 2 is 1.44 bits per heavy atom. The lowest BCUT2D eigenvalue weighted by molar-refractivity contribution is -0.959. The fourth-order valence-corrected chi connectivity index (χ4v) is 12.4. The van der Waals surface area contributed by atoms with Crippen molar-refractivity contribution in [1.29, 1.82) is 0 Å². The Hall–Kier alpha value is -4.50. The van der Waals surface area contributed by atoms with E-state index in [1.54, 1.807) is 13.4 Å². The monoisotopic (exact) mass is 656 g/mol. The molecule has 1 atom stereocenters. The van der Waals surface area contributed by atoms with Crippen LogP contribution in [0.1, 0.15) is 49.4 Å². The summed E-state index contributed by atoms with van der Waals surface area (Å²) >= 11 is 0. The highest BCUT2D eigenvalue weighted by molar-refractivity contribution is 6.99. The van der Waals surface area contributed by atoms with Gasteiger partial charge in [0.2, 0.25) is 0 Å². The Labute approximate surface area is 285 Å². The van der Waals surface area contributed by atoms with E-state index in [0.717, 1.165) is 54.6 Å². The molecule has 1 N–H and O–H groups in total. The van der Waals surface area contributed by atoms with E-state index in [9.17, 15) is 0 Å². The van der Waals surface area contributed by atoms with Gasteiger partial charge in [-0.2, -0.15) is 0 Å². The molecule has 5 aromatic rings. The normalized spacial score (nSPS) is 17.0. The first-order chi connectivity index (χ1) is 23.3. The van der Waals surface area contributed by atoms with Crippen LogP contribution in [0.5, 0.6) is 5.75 Å². The maximum atomic E-state index is 7.34. The number of methoxy groups -OCH3 is 1. The fourth-order valence-electron chi connectivity index (χ4n) is 7.77. The topological polar surface area (TPSA) is 59.5 Å². The average Bonchev–Trinajstić information content (AvgIpc) is 3.44. The minimum atomic E-state index is -2.61. The number of hydrogen-bond donors (Lipinski definition) is 1. The third-order valence-electron chi connectivity index (χ3n) is 10.1. The van der Waals surface area contributed by atoms with E-state index in [1.165, 1.54) is 32.6 Å². The largest absolute Gasteiger partial charge is 0.497 e. The van der Waals surface area contributed by atoms with Gasteiger partial charge >= 0.3 is 0 Å². The van der Waals surface area contributed by atoms with E-state index in [2.05, 4.69) is 128 Å². The van der Waals surface area contributed by atoms with E-state index >= 15 is 0 Å². The summed E-state index contributed by atoms with van der Waals surface area (Å²) in [7, 11) is -0.917. The smallest absolute Gasteiger partial charge is 0.261 e. The van der Waals surface area contributed by atoms with E-state index in [1.807, 2.05) is 12.1 Å². The maximum Gasteiger partial charge on any atom is 0.261 e. The first-order valence-corrected chi connectivity index (χ1v) is 18.9. The van der Waals surface area contributed by atoms with Gasteiger partial charge in [-0.15, -0.1) is 0 Å². The predicted octanol–water partition coefficient (Wildman–Crippen LogP) is 6.83. The van der Waals surface area contributed by atoms with Gasteiger partial charge in [0.15, 0.2) is 5.82 Å². The molecule has 0 bridgehead atoms. The molecule has 0 amide bonds. The fraction of sp³-hybridized carbons (Fsp3) is 0.300. The van der Waals surface area contributed by atoms with Gasteiger partial charge in [0.05, 0.1) is 19.2 Å². The van der Waals surface area contributed by atoms with Gasteiger partial charge in [-0.3, -0.25) is 0 Å². The predicted molar refractivity (Wildman–Crippen MR) is 196 cm³/mol. The number of quaternary nitrogens is 1. The second-order valence-electron chi connectivity index (χ2n) is 14.1. The number of nitrogens with zero attached hydrogens (tertiary/aromatic N) is 4. The van der Waals surface area contributed by atoms with Crippen molar-refractivity contribution < 1.29 is 13.8 Å². The van der Waals surface area contributed by atoms with Crippen LogP contribution in [-0.4, -0.2) is 43.1 Å². The Morgan fingerprint density at radius 3 is 2.08 bits per heavy atom. The van der Waals surface area contributed by atoms with Gasteiger partial charge in [0.25, 0.3) is 8.32 Å². The highest BCUT2D eigenvalue weighted by atomic mass is 28.4. The number of rotatable bonds is 11. The summed E-state index contributed by atoms with van der Waals surface area (Å²) in [5, 5.41) is 8.74. The highest BCUT2D eigenvalue weighted by Crippen LogP contribution is 2.44. The number of fused-ring (bicyclic) bond motifs is 4. The number of aromatic nitrogens is 2. The molecule has 7 rings (SSSR count). The molecular weight excluding hydrogens is 611 g/mol. The first-order valence-electron chi connectivity index (χ1n) is 17.0. The summed E-state index contributed by atoms with van der Waals surface area (Å²) < 4.78 is 13.5. The zero-order valence-electron chi connectivity index (χ0n) is 28.5. The van der Waals surface area contributed by atoms with Crippen LogP contribution in [0.15, 0.2) is 116 Å². The molecule has 48 heavy (non-hydrogen) atoms. The van der Waals surface area contributed by atoms with Crippen molar-refractivity contribution in [2.75, 3.05) is 30.6 Å². The number of nitrogens with one attached hydrogen (secondary N) is 1. The molecule has 0 spiro atoms. The summed E-state index contributed by atoms with van der Waals surface area (Å²) in [6.07, 6.45) is 2.64. The summed E-state index contributed by atoms with van der Waals surface area (Å²) in [6, 6.07) is 38.9. The Morgan fingerprint density at radius 1 is 0.792 bits per heavy atom. The van der Waals surface area contributed by atoms with Crippen molar-refractivity contribution in [3.8, 4) is 5.75 Å². The van der Waals surface area contributed by atoms with Crippen molar-refractivity contribution >= 4 is 30.3 Å². The molecule has 0 saturated carbocycles. The lowest BCUT2D eigenvalue weighted by Gasteiger charge is -2.46. The molecule has 0 saturated heterocycles. The third kappa shape index (κ3) is 5.89. The van der Waals surface area contributed by atoms with Crippen LogP contribution in [-0.2, 0) is 30.6 Å². The molecule has 7 nitrogen and oxygen atoms in total. The maximum absolute atomic E-state index is 7.34. The van der Waals surface area contributed by atoms with Crippen molar-refractivity contribution in [2.45, 2.75) is 58.4 Å². The van der Waals surface area contributed by atoms with Crippen LogP contribution in [0, 0.1) is 0 Å². The molecule has 3 heterocycles. The van der Waals surface area contributed by atoms with Crippen LogP contribution in [0.4, 0.5) is 11.6 Å². The Balaban J connectivity index is 1.16. The van der Waals surface area contributed by atoms with Gasteiger partial charge in [-0.25, -0.2) is 19.6 Å². The van der Waals surface area contributed by atoms with Crippen LogP contribution in [0.3, 0.4) is 0 Å². The van der Waals surface area contributed by atoms with Gasteiger partial charge in [0, 0.05) is 25.1 Å². The Bertz CT molecular complexity index is 1810. The molecule has 2 aliphatic heterocycles. The zero-order chi connectivity index (χ0) is 33.2. The summed E-state index contributed by atoms with van der Waals surface area (Å²) in [4.78, 5) is 9.65. The van der Waals surface area contributed by atoms with Crippen molar-refractivity contribution in [3.63, 3.8) is 0 Å². The minimum absolute atomic E-state index is 0.0533. The molecule has 246 valence electrons. The van der Waals surface area contributed by atoms with E-state index in [4.69, 9.17) is 19.1 Å². The second kappa shape index (κ2) is 13.2.